The Bertz CT molecular complexity index is 1050. The zero-order valence-electron chi connectivity index (χ0n) is 18.5. The summed E-state index contributed by atoms with van der Waals surface area (Å²) in [5.74, 6) is 3.17. The van der Waals surface area contributed by atoms with Crippen LogP contribution in [0.25, 0.3) is 0 Å². The summed E-state index contributed by atoms with van der Waals surface area (Å²) in [5.41, 5.74) is 1.47. The van der Waals surface area contributed by atoms with E-state index < -0.39 is 0 Å². The van der Waals surface area contributed by atoms with Gasteiger partial charge in [-0.3, -0.25) is 4.79 Å². The number of hydrogen-bond acceptors (Lipinski definition) is 6. The van der Waals surface area contributed by atoms with Gasteiger partial charge in [0, 0.05) is 43.2 Å². The van der Waals surface area contributed by atoms with Gasteiger partial charge in [0.2, 0.25) is 0 Å². The van der Waals surface area contributed by atoms with E-state index in [0.29, 0.717) is 23.7 Å². The number of amides is 1. The molecule has 1 aliphatic heterocycles. The summed E-state index contributed by atoms with van der Waals surface area (Å²) >= 11 is 0. The molecule has 7 heteroatoms. The predicted octanol–water partition coefficient (Wildman–Crippen LogP) is 4.44. The summed E-state index contributed by atoms with van der Waals surface area (Å²) < 4.78 is 11.4. The highest BCUT2D eigenvalue weighted by Crippen LogP contribution is 2.31. The summed E-state index contributed by atoms with van der Waals surface area (Å²) in [6.07, 6.45) is 5.59. The number of nitrogens with zero attached hydrogens (tertiary/aromatic N) is 3. The molecule has 7 nitrogen and oxygen atoms in total. The Morgan fingerprint density at radius 1 is 1.06 bits per heavy atom. The second-order valence-electron chi connectivity index (χ2n) is 7.98. The number of benzene rings is 2. The van der Waals surface area contributed by atoms with Crippen molar-refractivity contribution in [3.05, 3.63) is 72.1 Å². The predicted molar refractivity (Wildman–Crippen MR) is 123 cm³/mol. The number of aromatic nitrogens is 2. The van der Waals surface area contributed by atoms with Crippen molar-refractivity contribution in [3.63, 3.8) is 0 Å². The molecular formula is C25H28N4O3. The molecule has 1 aromatic heterocycles. The summed E-state index contributed by atoms with van der Waals surface area (Å²) in [6.45, 7) is 4.56. The van der Waals surface area contributed by atoms with Crippen LogP contribution in [-0.4, -0.2) is 36.1 Å². The average Bonchev–Trinajstić information content (AvgIpc) is 2.84. The second kappa shape index (κ2) is 10.1. The number of piperidine rings is 1. The van der Waals surface area contributed by atoms with Gasteiger partial charge in [-0.15, -0.1) is 0 Å². The van der Waals surface area contributed by atoms with Crippen LogP contribution in [0.15, 0.2) is 60.9 Å². The fourth-order valence-corrected chi connectivity index (χ4v) is 3.74. The molecule has 0 saturated carbocycles. The van der Waals surface area contributed by atoms with Gasteiger partial charge >= 0.3 is 0 Å². The molecule has 0 atom stereocenters. The Morgan fingerprint density at radius 3 is 2.53 bits per heavy atom. The van der Waals surface area contributed by atoms with Crippen molar-refractivity contribution >= 4 is 11.7 Å². The van der Waals surface area contributed by atoms with Crippen LogP contribution >= 0.6 is 0 Å². The summed E-state index contributed by atoms with van der Waals surface area (Å²) in [6, 6.07) is 14.6. The van der Waals surface area contributed by atoms with Gasteiger partial charge in [-0.2, -0.15) is 0 Å². The lowest BCUT2D eigenvalue weighted by Gasteiger charge is -2.31. The molecule has 32 heavy (non-hydrogen) atoms. The van der Waals surface area contributed by atoms with E-state index in [2.05, 4.69) is 27.1 Å². The lowest BCUT2D eigenvalue weighted by atomic mass is 9.99. The van der Waals surface area contributed by atoms with Gasteiger partial charge in [-0.05, 0) is 49.1 Å². The Hall–Kier alpha value is -3.61. The Kier molecular flexibility index (Phi) is 6.84. The SMILES string of the molecule is COc1ccccc1CNC(=O)c1ccc(Oc2nccnc2N2CCC(C)CC2)cc1. The first-order valence-corrected chi connectivity index (χ1v) is 10.9. The number of para-hydroxylation sites is 1. The maximum atomic E-state index is 12.6. The van der Waals surface area contributed by atoms with Crippen molar-refractivity contribution < 1.29 is 14.3 Å². The van der Waals surface area contributed by atoms with E-state index in [4.69, 9.17) is 9.47 Å². The number of ether oxygens (including phenoxy) is 2. The molecule has 1 saturated heterocycles. The Labute approximate surface area is 188 Å². The van der Waals surface area contributed by atoms with E-state index >= 15 is 0 Å². The summed E-state index contributed by atoms with van der Waals surface area (Å²) in [4.78, 5) is 23.7. The Balaban J connectivity index is 1.40. The molecule has 4 rings (SSSR count). The number of anilines is 1. The van der Waals surface area contributed by atoms with Crippen LogP contribution in [0.5, 0.6) is 17.4 Å². The molecule has 2 heterocycles. The Morgan fingerprint density at radius 2 is 1.78 bits per heavy atom. The van der Waals surface area contributed by atoms with E-state index in [1.165, 1.54) is 0 Å². The van der Waals surface area contributed by atoms with Gasteiger partial charge in [-0.25, -0.2) is 9.97 Å². The van der Waals surface area contributed by atoms with Gasteiger partial charge in [0.25, 0.3) is 11.8 Å². The zero-order valence-corrected chi connectivity index (χ0v) is 18.5. The van der Waals surface area contributed by atoms with Crippen LogP contribution in [0, 0.1) is 5.92 Å². The van der Waals surface area contributed by atoms with Crippen LogP contribution in [0.3, 0.4) is 0 Å². The molecule has 0 radical (unpaired) electrons. The maximum absolute atomic E-state index is 12.6. The van der Waals surface area contributed by atoms with E-state index in [1.54, 1.807) is 43.8 Å². The van der Waals surface area contributed by atoms with Crippen molar-refractivity contribution in [2.75, 3.05) is 25.1 Å². The van der Waals surface area contributed by atoms with E-state index in [1.807, 2.05) is 24.3 Å². The van der Waals surface area contributed by atoms with Crippen LogP contribution in [0.2, 0.25) is 0 Å². The molecule has 3 aromatic rings. The molecule has 0 aliphatic carbocycles. The third kappa shape index (κ3) is 5.17. The van der Waals surface area contributed by atoms with Crippen LogP contribution in [0.4, 0.5) is 5.82 Å². The molecule has 1 N–H and O–H groups in total. The van der Waals surface area contributed by atoms with Crippen molar-refractivity contribution in [3.8, 4) is 17.4 Å². The van der Waals surface area contributed by atoms with E-state index in [9.17, 15) is 4.79 Å². The topological polar surface area (TPSA) is 76.6 Å². The molecular weight excluding hydrogens is 404 g/mol. The van der Waals surface area contributed by atoms with Crippen LogP contribution in [-0.2, 0) is 6.54 Å². The smallest absolute Gasteiger partial charge is 0.263 e. The first kappa shape index (κ1) is 21.6. The van der Waals surface area contributed by atoms with E-state index in [-0.39, 0.29) is 5.91 Å². The highest BCUT2D eigenvalue weighted by Gasteiger charge is 2.21. The number of nitrogens with one attached hydrogen (secondary N) is 1. The van der Waals surface area contributed by atoms with Gasteiger partial charge in [-0.1, -0.05) is 25.1 Å². The lowest BCUT2D eigenvalue weighted by Crippen LogP contribution is -2.33. The number of methoxy groups -OCH3 is 1. The van der Waals surface area contributed by atoms with Crippen molar-refractivity contribution in [1.82, 2.24) is 15.3 Å². The summed E-state index contributed by atoms with van der Waals surface area (Å²) in [7, 11) is 1.62. The fourth-order valence-electron chi connectivity index (χ4n) is 3.74. The molecule has 0 unspecified atom stereocenters. The third-order valence-corrected chi connectivity index (χ3v) is 5.69. The highest BCUT2D eigenvalue weighted by molar-refractivity contribution is 5.94. The molecule has 0 bridgehead atoms. The van der Waals surface area contributed by atoms with Crippen LogP contribution in [0.1, 0.15) is 35.7 Å². The zero-order chi connectivity index (χ0) is 22.3. The molecule has 1 fully saturated rings. The molecule has 1 aliphatic rings. The number of rotatable bonds is 7. The average molecular weight is 433 g/mol. The molecule has 1 amide bonds. The normalized spacial score (nSPS) is 14.1. The van der Waals surface area contributed by atoms with Gasteiger partial charge in [0.15, 0.2) is 5.82 Å². The van der Waals surface area contributed by atoms with Crippen molar-refractivity contribution in [2.45, 2.75) is 26.3 Å². The second-order valence-corrected chi connectivity index (χ2v) is 7.98. The monoisotopic (exact) mass is 432 g/mol. The minimum absolute atomic E-state index is 0.162. The maximum Gasteiger partial charge on any atom is 0.263 e. The third-order valence-electron chi connectivity index (χ3n) is 5.69. The lowest BCUT2D eigenvalue weighted by molar-refractivity contribution is 0.0950. The molecule has 166 valence electrons. The van der Waals surface area contributed by atoms with Crippen LogP contribution < -0.4 is 19.7 Å². The quantitative estimate of drug-likeness (QED) is 0.595. The van der Waals surface area contributed by atoms with Gasteiger partial charge < -0.3 is 19.7 Å². The van der Waals surface area contributed by atoms with Gasteiger partial charge in [0.1, 0.15) is 11.5 Å². The first-order chi connectivity index (χ1) is 15.6. The minimum Gasteiger partial charge on any atom is -0.496 e. The number of carbonyl (C=O) groups is 1. The molecule has 2 aromatic carbocycles. The molecule has 0 spiro atoms. The van der Waals surface area contributed by atoms with E-state index in [0.717, 1.165) is 49.0 Å². The van der Waals surface area contributed by atoms with Gasteiger partial charge in [0.05, 0.1) is 7.11 Å². The van der Waals surface area contributed by atoms with Crippen molar-refractivity contribution in [1.29, 1.82) is 0 Å². The minimum atomic E-state index is -0.162. The summed E-state index contributed by atoms with van der Waals surface area (Å²) in [5, 5.41) is 2.93. The fraction of sp³-hybridized carbons (Fsp3) is 0.320. The number of carbonyl (C=O) groups excluding carboxylic acids is 1. The standard InChI is InChI=1S/C25H28N4O3/c1-18-11-15-29(16-12-18)23-25(27-14-13-26-23)32-21-9-7-19(8-10-21)24(30)28-17-20-5-3-4-6-22(20)31-2/h3-10,13-14,18H,11-12,15-17H2,1-2H3,(H,28,30). The number of hydrogen-bond donors (Lipinski definition) is 1. The van der Waals surface area contributed by atoms with Crippen molar-refractivity contribution in [2.24, 2.45) is 5.92 Å². The largest absolute Gasteiger partial charge is 0.496 e. The first-order valence-electron chi connectivity index (χ1n) is 10.9. The highest BCUT2D eigenvalue weighted by atomic mass is 16.5.